The molecule has 3 N–H and O–H groups in total. The van der Waals surface area contributed by atoms with Gasteiger partial charge >= 0.3 is 0 Å². The summed E-state index contributed by atoms with van der Waals surface area (Å²) in [5.74, 6) is 2.01. The van der Waals surface area contributed by atoms with Gasteiger partial charge in [-0.3, -0.25) is 0 Å². The van der Waals surface area contributed by atoms with Crippen LogP contribution in [0.2, 0.25) is 0 Å². The Morgan fingerprint density at radius 3 is 2.83 bits per heavy atom. The Hall–Kier alpha value is -1.79. The molecule has 0 aliphatic heterocycles. The summed E-state index contributed by atoms with van der Waals surface area (Å²) >= 11 is 1.71. The van der Waals surface area contributed by atoms with Gasteiger partial charge in [-0.2, -0.15) is 4.98 Å². The normalized spacial score (nSPS) is 13.8. The van der Waals surface area contributed by atoms with Gasteiger partial charge in [-0.1, -0.05) is 12.1 Å². The van der Waals surface area contributed by atoms with Crippen molar-refractivity contribution in [3.8, 4) is 0 Å². The molecule has 0 spiro atoms. The highest BCUT2D eigenvalue weighted by Gasteiger charge is 2.26. The summed E-state index contributed by atoms with van der Waals surface area (Å²) < 4.78 is 0. The smallest absolute Gasteiger partial charge is 0.224 e. The Morgan fingerprint density at radius 1 is 1.26 bits per heavy atom. The SMILES string of the molecule is CSc1ccccc1Nc1cc(C2CC2)nc(NCCCO)n1. The number of thioether (sulfide) groups is 1. The van der Waals surface area contributed by atoms with Gasteiger partial charge < -0.3 is 15.7 Å². The van der Waals surface area contributed by atoms with E-state index in [1.807, 2.05) is 18.2 Å². The van der Waals surface area contributed by atoms with E-state index >= 15 is 0 Å². The van der Waals surface area contributed by atoms with Crippen molar-refractivity contribution >= 4 is 29.2 Å². The van der Waals surface area contributed by atoms with Crippen molar-refractivity contribution in [1.29, 1.82) is 0 Å². The molecule has 1 fully saturated rings. The monoisotopic (exact) mass is 330 g/mol. The number of aliphatic hydroxyl groups is 1. The van der Waals surface area contributed by atoms with Crippen molar-refractivity contribution in [2.45, 2.75) is 30.1 Å². The van der Waals surface area contributed by atoms with Crippen LogP contribution in [0.15, 0.2) is 35.2 Å². The summed E-state index contributed by atoms with van der Waals surface area (Å²) in [6.45, 7) is 0.840. The molecule has 0 unspecified atom stereocenters. The van der Waals surface area contributed by atoms with Crippen molar-refractivity contribution < 1.29 is 5.11 Å². The van der Waals surface area contributed by atoms with E-state index in [0.717, 1.165) is 17.2 Å². The molecule has 1 aromatic heterocycles. The highest BCUT2D eigenvalue weighted by molar-refractivity contribution is 7.98. The molecule has 1 saturated carbocycles. The summed E-state index contributed by atoms with van der Waals surface area (Å²) in [5, 5.41) is 15.5. The molecule has 2 aromatic rings. The number of aromatic nitrogens is 2. The zero-order valence-corrected chi connectivity index (χ0v) is 14.1. The van der Waals surface area contributed by atoms with Gasteiger partial charge in [-0.25, -0.2) is 4.98 Å². The number of nitrogens with zero attached hydrogens (tertiary/aromatic N) is 2. The first-order valence-corrected chi connectivity index (χ1v) is 9.16. The van der Waals surface area contributed by atoms with Gasteiger partial charge in [0.05, 0.1) is 11.4 Å². The number of hydrogen-bond donors (Lipinski definition) is 3. The van der Waals surface area contributed by atoms with Gasteiger partial charge in [-0.15, -0.1) is 11.8 Å². The second-order valence-corrected chi connectivity index (χ2v) is 6.45. The molecule has 6 heteroatoms. The Balaban J connectivity index is 1.82. The second-order valence-electron chi connectivity index (χ2n) is 5.61. The van der Waals surface area contributed by atoms with Crippen molar-refractivity contribution in [1.82, 2.24) is 9.97 Å². The van der Waals surface area contributed by atoms with E-state index < -0.39 is 0 Å². The quantitative estimate of drug-likeness (QED) is 0.507. The van der Waals surface area contributed by atoms with E-state index in [-0.39, 0.29) is 6.61 Å². The van der Waals surface area contributed by atoms with E-state index in [4.69, 9.17) is 5.11 Å². The summed E-state index contributed by atoms with van der Waals surface area (Å²) in [7, 11) is 0. The lowest BCUT2D eigenvalue weighted by molar-refractivity contribution is 0.292. The van der Waals surface area contributed by atoms with Crippen LogP contribution >= 0.6 is 11.8 Å². The van der Waals surface area contributed by atoms with Crippen LogP contribution in [0.25, 0.3) is 0 Å². The lowest BCUT2D eigenvalue weighted by Gasteiger charge is -2.13. The fourth-order valence-corrected chi connectivity index (χ4v) is 2.92. The molecule has 23 heavy (non-hydrogen) atoms. The third-order valence-corrected chi connectivity index (χ3v) is 4.53. The minimum Gasteiger partial charge on any atom is -0.396 e. The van der Waals surface area contributed by atoms with E-state index in [1.165, 1.54) is 17.7 Å². The minimum atomic E-state index is 0.168. The van der Waals surface area contributed by atoms with E-state index in [2.05, 4.69) is 39.0 Å². The number of benzene rings is 1. The van der Waals surface area contributed by atoms with Crippen LogP contribution in [-0.2, 0) is 0 Å². The van der Waals surface area contributed by atoms with Crippen molar-refractivity contribution in [3.63, 3.8) is 0 Å². The number of rotatable bonds is 8. The van der Waals surface area contributed by atoms with Crippen molar-refractivity contribution in [3.05, 3.63) is 36.0 Å². The van der Waals surface area contributed by atoms with Crippen LogP contribution in [0.1, 0.15) is 30.9 Å². The molecule has 0 saturated heterocycles. The van der Waals surface area contributed by atoms with Gasteiger partial charge in [0.2, 0.25) is 5.95 Å². The van der Waals surface area contributed by atoms with E-state index in [0.29, 0.717) is 24.8 Å². The van der Waals surface area contributed by atoms with Crippen LogP contribution in [-0.4, -0.2) is 34.5 Å². The molecule has 122 valence electrons. The van der Waals surface area contributed by atoms with Crippen molar-refractivity contribution in [2.75, 3.05) is 30.0 Å². The Bertz CT molecular complexity index is 661. The molecule has 1 aliphatic rings. The first-order valence-electron chi connectivity index (χ1n) is 7.94. The number of para-hydroxylation sites is 1. The Labute approximate surface area is 140 Å². The van der Waals surface area contributed by atoms with Crippen LogP contribution in [0, 0.1) is 0 Å². The molecule has 0 atom stereocenters. The lowest BCUT2D eigenvalue weighted by atomic mass is 10.2. The van der Waals surface area contributed by atoms with Gasteiger partial charge in [0, 0.05) is 30.0 Å². The maximum atomic E-state index is 8.91. The van der Waals surface area contributed by atoms with Crippen LogP contribution in [0.4, 0.5) is 17.5 Å². The highest BCUT2D eigenvalue weighted by Crippen LogP contribution is 2.40. The molecule has 0 bridgehead atoms. The summed E-state index contributed by atoms with van der Waals surface area (Å²) in [5.41, 5.74) is 2.15. The maximum absolute atomic E-state index is 8.91. The van der Waals surface area contributed by atoms with Crippen molar-refractivity contribution in [2.24, 2.45) is 0 Å². The van der Waals surface area contributed by atoms with Crippen LogP contribution < -0.4 is 10.6 Å². The molecule has 1 aliphatic carbocycles. The van der Waals surface area contributed by atoms with Gasteiger partial charge in [0.15, 0.2) is 0 Å². The van der Waals surface area contributed by atoms with E-state index in [1.54, 1.807) is 11.8 Å². The largest absolute Gasteiger partial charge is 0.396 e. The first kappa shape index (κ1) is 16.1. The molecule has 3 rings (SSSR count). The molecular weight excluding hydrogens is 308 g/mol. The number of hydrogen-bond acceptors (Lipinski definition) is 6. The van der Waals surface area contributed by atoms with Gasteiger partial charge in [0.1, 0.15) is 5.82 Å². The Morgan fingerprint density at radius 2 is 2.09 bits per heavy atom. The number of nitrogens with one attached hydrogen (secondary N) is 2. The average Bonchev–Trinajstić information content (AvgIpc) is 3.40. The van der Waals surface area contributed by atoms with Crippen LogP contribution in [0.5, 0.6) is 0 Å². The first-order chi connectivity index (χ1) is 11.3. The summed E-state index contributed by atoms with van der Waals surface area (Å²) in [6.07, 6.45) is 5.16. The van der Waals surface area contributed by atoms with E-state index in [9.17, 15) is 0 Å². The van der Waals surface area contributed by atoms with Crippen LogP contribution in [0.3, 0.4) is 0 Å². The predicted molar refractivity (Wildman–Crippen MR) is 95.7 cm³/mol. The summed E-state index contributed by atoms with van der Waals surface area (Å²) in [6, 6.07) is 10.3. The predicted octanol–water partition coefficient (Wildman–Crippen LogP) is 3.61. The average molecular weight is 330 g/mol. The molecule has 0 radical (unpaired) electrons. The lowest BCUT2D eigenvalue weighted by Crippen LogP contribution is -2.09. The van der Waals surface area contributed by atoms with Gasteiger partial charge in [0.25, 0.3) is 0 Å². The zero-order chi connectivity index (χ0) is 16.1. The third-order valence-electron chi connectivity index (χ3n) is 3.73. The van der Waals surface area contributed by atoms with Gasteiger partial charge in [-0.05, 0) is 37.7 Å². The molecule has 1 aromatic carbocycles. The fraction of sp³-hybridized carbons (Fsp3) is 0.412. The maximum Gasteiger partial charge on any atom is 0.224 e. The standard InChI is InChI=1S/C17H22N4OS/c1-23-15-6-3-2-5-13(15)19-16-11-14(12-7-8-12)20-17(21-16)18-9-4-10-22/h2-3,5-6,11-12,22H,4,7-10H2,1H3,(H2,18,19,20,21). The minimum absolute atomic E-state index is 0.168. The third kappa shape index (κ3) is 4.36. The number of aliphatic hydroxyl groups excluding tert-OH is 1. The molecule has 5 nitrogen and oxygen atoms in total. The number of anilines is 3. The zero-order valence-electron chi connectivity index (χ0n) is 13.2. The topological polar surface area (TPSA) is 70.1 Å². The fourth-order valence-electron chi connectivity index (χ4n) is 2.36. The molecular formula is C17H22N4OS. The molecule has 1 heterocycles. The summed E-state index contributed by atoms with van der Waals surface area (Å²) in [4.78, 5) is 10.4. The highest BCUT2D eigenvalue weighted by atomic mass is 32.2. The second kappa shape index (κ2) is 7.66. The molecule has 0 amide bonds. The Kier molecular flexibility index (Phi) is 5.35.